The van der Waals surface area contributed by atoms with Crippen LogP contribution in [-0.2, 0) is 21.7 Å². The van der Waals surface area contributed by atoms with Gasteiger partial charge in [0, 0.05) is 12.6 Å². The fourth-order valence-electron chi connectivity index (χ4n) is 2.96. The molecule has 0 radical (unpaired) electrons. The standard InChI is InChI=1S/C21H33N3O5S/c1-5-6-7-8-18(23-30(27)28)13-14-24(21(26)22-16(2)3)20(25)15-17-9-11-19(29-4)12-10-17/h9-12,16,18H,5-8,13-15H2,1-4H3,(H,22,26). The summed E-state index contributed by atoms with van der Waals surface area (Å²) >= 11 is 0. The van der Waals surface area contributed by atoms with Gasteiger partial charge >= 0.3 is 16.5 Å². The van der Waals surface area contributed by atoms with E-state index in [2.05, 4.69) is 16.6 Å². The number of carbonyl (C=O) groups is 2. The highest BCUT2D eigenvalue weighted by Gasteiger charge is 2.23. The first-order valence-corrected chi connectivity index (χ1v) is 11.3. The van der Waals surface area contributed by atoms with Crippen LogP contribution in [0.1, 0.15) is 58.4 Å². The normalized spacial score (nSPS) is 11.6. The number of nitrogens with zero attached hydrogens (tertiary/aromatic N) is 2. The van der Waals surface area contributed by atoms with Gasteiger partial charge in [0.15, 0.2) is 0 Å². The monoisotopic (exact) mass is 439 g/mol. The Balaban J connectivity index is 2.90. The van der Waals surface area contributed by atoms with Crippen LogP contribution in [0.5, 0.6) is 5.75 Å². The molecule has 0 heterocycles. The highest BCUT2D eigenvalue weighted by atomic mass is 32.2. The number of ether oxygens (including phenoxy) is 1. The molecule has 0 aliphatic carbocycles. The van der Waals surface area contributed by atoms with Crippen LogP contribution >= 0.6 is 0 Å². The number of hydrogen-bond acceptors (Lipinski definition) is 6. The van der Waals surface area contributed by atoms with Crippen molar-refractivity contribution in [2.24, 2.45) is 4.36 Å². The maximum Gasteiger partial charge on any atom is 0.324 e. The highest BCUT2D eigenvalue weighted by Crippen LogP contribution is 2.15. The van der Waals surface area contributed by atoms with Crippen molar-refractivity contribution >= 4 is 22.4 Å². The van der Waals surface area contributed by atoms with Crippen LogP contribution < -0.4 is 10.1 Å². The Morgan fingerprint density at radius 2 is 1.80 bits per heavy atom. The minimum Gasteiger partial charge on any atom is -0.497 e. The summed E-state index contributed by atoms with van der Waals surface area (Å²) in [4.78, 5) is 26.6. The second-order valence-corrected chi connectivity index (χ2v) is 8.08. The predicted octanol–water partition coefficient (Wildman–Crippen LogP) is 3.59. The van der Waals surface area contributed by atoms with Gasteiger partial charge in [-0.2, -0.15) is 12.8 Å². The maximum atomic E-state index is 12.9. The van der Waals surface area contributed by atoms with E-state index in [1.54, 1.807) is 31.4 Å². The molecular weight excluding hydrogens is 406 g/mol. The zero-order valence-electron chi connectivity index (χ0n) is 18.3. The van der Waals surface area contributed by atoms with Gasteiger partial charge in [-0.15, -0.1) is 0 Å². The Morgan fingerprint density at radius 3 is 2.33 bits per heavy atom. The molecule has 1 aromatic rings. The third-order valence-corrected chi connectivity index (χ3v) is 5.01. The Labute approximate surface area is 180 Å². The number of rotatable bonds is 12. The molecule has 0 saturated carbocycles. The number of hydrogen-bond donors (Lipinski definition) is 1. The largest absolute Gasteiger partial charge is 0.497 e. The van der Waals surface area contributed by atoms with Gasteiger partial charge in [0.05, 0.1) is 19.6 Å². The molecule has 9 heteroatoms. The van der Waals surface area contributed by atoms with Crippen molar-refractivity contribution < 1.29 is 22.7 Å². The molecule has 1 atom stereocenters. The van der Waals surface area contributed by atoms with Crippen molar-refractivity contribution in [3.63, 3.8) is 0 Å². The molecule has 3 amide bonds. The van der Waals surface area contributed by atoms with Crippen molar-refractivity contribution in [3.05, 3.63) is 29.8 Å². The van der Waals surface area contributed by atoms with E-state index in [1.165, 1.54) is 0 Å². The highest BCUT2D eigenvalue weighted by molar-refractivity contribution is 7.61. The lowest BCUT2D eigenvalue weighted by Gasteiger charge is -2.24. The predicted molar refractivity (Wildman–Crippen MR) is 116 cm³/mol. The molecule has 0 spiro atoms. The zero-order valence-corrected chi connectivity index (χ0v) is 19.1. The van der Waals surface area contributed by atoms with Gasteiger partial charge in [0.25, 0.3) is 0 Å². The Morgan fingerprint density at radius 1 is 1.13 bits per heavy atom. The van der Waals surface area contributed by atoms with Gasteiger partial charge in [-0.25, -0.2) is 4.79 Å². The minimum absolute atomic E-state index is 0.0562. The van der Waals surface area contributed by atoms with Gasteiger partial charge in [-0.05, 0) is 44.4 Å². The number of urea groups is 1. The second kappa shape index (κ2) is 13.7. The SMILES string of the molecule is CCCCCC(CCN(C(=O)Cc1ccc(OC)cc1)C(=O)NC(C)C)N=S(=O)=O. The summed E-state index contributed by atoms with van der Waals surface area (Å²) in [5.41, 5.74) is 0.757. The molecule has 0 aliphatic rings. The van der Waals surface area contributed by atoms with E-state index in [-0.39, 0.29) is 24.9 Å². The number of nitrogens with one attached hydrogen (secondary N) is 1. The molecule has 1 unspecified atom stereocenters. The Bertz CT molecular complexity index is 798. The molecule has 0 fully saturated rings. The summed E-state index contributed by atoms with van der Waals surface area (Å²) in [6, 6.07) is 6.00. The summed E-state index contributed by atoms with van der Waals surface area (Å²) in [6.07, 6.45) is 3.80. The van der Waals surface area contributed by atoms with Gasteiger partial charge in [-0.1, -0.05) is 38.3 Å². The summed E-state index contributed by atoms with van der Waals surface area (Å²) in [5, 5.41) is 2.74. The topological polar surface area (TPSA) is 105 Å². The quantitative estimate of drug-likeness (QED) is 0.501. The van der Waals surface area contributed by atoms with E-state index in [9.17, 15) is 18.0 Å². The first-order valence-electron chi connectivity index (χ1n) is 10.3. The summed E-state index contributed by atoms with van der Waals surface area (Å²) in [7, 11) is -0.957. The van der Waals surface area contributed by atoms with Crippen LogP contribution in [0, 0.1) is 0 Å². The van der Waals surface area contributed by atoms with Crippen molar-refractivity contribution in [1.29, 1.82) is 0 Å². The zero-order chi connectivity index (χ0) is 22.5. The molecule has 1 N–H and O–H groups in total. The number of amides is 3. The number of carbonyl (C=O) groups excluding carboxylic acids is 2. The van der Waals surface area contributed by atoms with Crippen LogP contribution in [0.3, 0.4) is 0 Å². The number of methoxy groups -OCH3 is 1. The molecule has 0 bridgehead atoms. The van der Waals surface area contributed by atoms with E-state index >= 15 is 0 Å². The molecule has 8 nitrogen and oxygen atoms in total. The average molecular weight is 440 g/mol. The van der Waals surface area contributed by atoms with Crippen LogP contribution in [-0.4, -0.2) is 51.0 Å². The molecule has 30 heavy (non-hydrogen) atoms. The average Bonchev–Trinajstić information content (AvgIpc) is 2.67. The number of benzene rings is 1. The molecule has 1 aromatic carbocycles. The van der Waals surface area contributed by atoms with Crippen LogP contribution in [0.25, 0.3) is 0 Å². The van der Waals surface area contributed by atoms with Crippen LogP contribution in [0.2, 0.25) is 0 Å². The number of imide groups is 1. The first kappa shape index (κ1) is 25.6. The number of unbranched alkanes of at least 4 members (excludes halogenated alkanes) is 2. The maximum absolute atomic E-state index is 12.9. The molecule has 0 saturated heterocycles. The third-order valence-electron chi connectivity index (χ3n) is 4.53. The first-order chi connectivity index (χ1) is 14.3. The van der Waals surface area contributed by atoms with E-state index < -0.39 is 22.6 Å². The van der Waals surface area contributed by atoms with Crippen molar-refractivity contribution in [3.8, 4) is 5.75 Å². The summed E-state index contributed by atoms with van der Waals surface area (Å²) in [6.45, 7) is 5.79. The van der Waals surface area contributed by atoms with E-state index in [0.717, 1.165) is 29.7 Å². The van der Waals surface area contributed by atoms with Crippen molar-refractivity contribution in [2.75, 3.05) is 13.7 Å². The van der Waals surface area contributed by atoms with Crippen LogP contribution in [0.15, 0.2) is 28.6 Å². The summed E-state index contributed by atoms with van der Waals surface area (Å²) < 4.78 is 31.0. The summed E-state index contributed by atoms with van der Waals surface area (Å²) in [5.74, 6) is 0.330. The Kier molecular flexibility index (Phi) is 11.7. The third kappa shape index (κ3) is 9.87. The Hall–Kier alpha value is -2.42. The van der Waals surface area contributed by atoms with Gasteiger partial charge in [-0.3, -0.25) is 9.69 Å². The molecular formula is C21H33N3O5S. The lowest BCUT2D eigenvalue weighted by Crippen LogP contribution is -2.47. The van der Waals surface area contributed by atoms with Gasteiger partial charge in [0.1, 0.15) is 5.75 Å². The molecule has 1 rings (SSSR count). The van der Waals surface area contributed by atoms with E-state index in [0.29, 0.717) is 18.6 Å². The minimum atomic E-state index is -2.52. The van der Waals surface area contributed by atoms with E-state index in [1.807, 2.05) is 13.8 Å². The smallest absolute Gasteiger partial charge is 0.324 e. The fraction of sp³-hybridized carbons (Fsp3) is 0.619. The molecule has 0 aliphatic heterocycles. The van der Waals surface area contributed by atoms with Gasteiger partial charge < -0.3 is 10.1 Å². The second-order valence-electron chi connectivity index (χ2n) is 7.44. The van der Waals surface area contributed by atoms with Crippen LogP contribution in [0.4, 0.5) is 4.79 Å². The van der Waals surface area contributed by atoms with E-state index in [4.69, 9.17) is 4.74 Å². The lowest BCUT2D eigenvalue weighted by atomic mass is 10.1. The molecule has 0 aromatic heterocycles. The van der Waals surface area contributed by atoms with Crippen molar-refractivity contribution in [1.82, 2.24) is 10.2 Å². The van der Waals surface area contributed by atoms with Gasteiger partial charge in [0.2, 0.25) is 5.91 Å². The molecule has 168 valence electrons. The fourth-order valence-corrected chi connectivity index (χ4v) is 3.41. The van der Waals surface area contributed by atoms with Crippen molar-refractivity contribution in [2.45, 2.75) is 71.4 Å². The lowest BCUT2D eigenvalue weighted by molar-refractivity contribution is -0.127.